The highest BCUT2D eigenvalue weighted by Crippen LogP contribution is 2.43. The SMILES string of the molecule is CCOC(CN1C(=O)[C@@](CC(=O)Nc2ccc(C)cc2)(NC(=O)Nc2cccc(OC)c2)c2ccccc21)OCC. The fraction of sp³-hybridized carbons (Fsp3) is 0.323. The Balaban J connectivity index is 1.69. The number of rotatable bonds is 12. The Morgan fingerprint density at radius 3 is 2.29 bits per heavy atom. The number of urea groups is 1. The van der Waals surface area contributed by atoms with Crippen LogP contribution in [0.4, 0.5) is 21.9 Å². The normalized spacial score (nSPS) is 15.9. The van der Waals surface area contributed by atoms with Gasteiger partial charge in [0, 0.05) is 36.2 Å². The topological polar surface area (TPSA) is 118 Å². The second-order valence-corrected chi connectivity index (χ2v) is 9.58. The van der Waals surface area contributed by atoms with Crippen LogP contribution in [0.25, 0.3) is 0 Å². The van der Waals surface area contributed by atoms with Crippen LogP contribution in [0.1, 0.15) is 31.4 Å². The highest BCUT2D eigenvalue weighted by atomic mass is 16.7. The van der Waals surface area contributed by atoms with Gasteiger partial charge in [0.1, 0.15) is 5.75 Å². The molecule has 0 unspecified atom stereocenters. The number of methoxy groups -OCH3 is 1. The van der Waals surface area contributed by atoms with Crippen molar-refractivity contribution in [3.8, 4) is 5.75 Å². The van der Waals surface area contributed by atoms with Crippen LogP contribution in [0.3, 0.4) is 0 Å². The molecule has 0 aliphatic carbocycles. The number of para-hydroxylation sites is 1. The molecule has 41 heavy (non-hydrogen) atoms. The number of nitrogens with one attached hydrogen (secondary N) is 3. The molecule has 3 aromatic carbocycles. The van der Waals surface area contributed by atoms with E-state index in [-0.39, 0.29) is 13.0 Å². The maximum Gasteiger partial charge on any atom is 0.320 e. The van der Waals surface area contributed by atoms with Gasteiger partial charge in [0.15, 0.2) is 11.8 Å². The largest absolute Gasteiger partial charge is 0.497 e. The number of ether oxygens (including phenoxy) is 3. The van der Waals surface area contributed by atoms with E-state index in [9.17, 15) is 14.4 Å². The van der Waals surface area contributed by atoms with Crippen molar-refractivity contribution in [3.05, 3.63) is 83.9 Å². The van der Waals surface area contributed by atoms with Gasteiger partial charge < -0.3 is 35.1 Å². The molecule has 1 aliphatic heterocycles. The number of benzene rings is 3. The number of anilines is 3. The van der Waals surface area contributed by atoms with Crippen LogP contribution in [0.15, 0.2) is 72.8 Å². The van der Waals surface area contributed by atoms with Gasteiger partial charge in [-0.3, -0.25) is 9.59 Å². The molecule has 10 heteroatoms. The average Bonchev–Trinajstić information content (AvgIpc) is 3.17. The van der Waals surface area contributed by atoms with Gasteiger partial charge in [-0.2, -0.15) is 0 Å². The second kappa shape index (κ2) is 13.3. The number of carbonyl (C=O) groups excluding carboxylic acids is 3. The van der Waals surface area contributed by atoms with Crippen molar-refractivity contribution < 1.29 is 28.6 Å². The summed E-state index contributed by atoms with van der Waals surface area (Å²) in [6.07, 6.45) is -1.03. The molecule has 1 heterocycles. The van der Waals surface area contributed by atoms with Gasteiger partial charge in [-0.15, -0.1) is 0 Å². The highest BCUT2D eigenvalue weighted by Gasteiger charge is 2.53. The zero-order valence-corrected chi connectivity index (χ0v) is 23.7. The third-order valence-corrected chi connectivity index (χ3v) is 6.72. The van der Waals surface area contributed by atoms with Gasteiger partial charge in [-0.1, -0.05) is 42.0 Å². The van der Waals surface area contributed by atoms with Crippen LogP contribution in [0.5, 0.6) is 5.75 Å². The first-order valence-corrected chi connectivity index (χ1v) is 13.5. The summed E-state index contributed by atoms with van der Waals surface area (Å²) in [4.78, 5) is 42.7. The molecule has 10 nitrogen and oxygen atoms in total. The predicted molar refractivity (Wildman–Crippen MR) is 157 cm³/mol. The summed E-state index contributed by atoms with van der Waals surface area (Å²) >= 11 is 0. The van der Waals surface area contributed by atoms with Crippen molar-refractivity contribution in [1.82, 2.24) is 5.32 Å². The fourth-order valence-corrected chi connectivity index (χ4v) is 4.86. The summed E-state index contributed by atoms with van der Waals surface area (Å²) in [5, 5.41) is 8.48. The Hall–Kier alpha value is -4.41. The van der Waals surface area contributed by atoms with Crippen LogP contribution in [-0.2, 0) is 24.6 Å². The molecule has 3 aromatic rings. The van der Waals surface area contributed by atoms with E-state index in [1.54, 1.807) is 60.7 Å². The molecular weight excluding hydrogens is 524 g/mol. The Morgan fingerprint density at radius 1 is 0.902 bits per heavy atom. The van der Waals surface area contributed by atoms with Crippen LogP contribution < -0.4 is 25.6 Å². The minimum atomic E-state index is -1.70. The van der Waals surface area contributed by atoms with Crippen molar-refractivity contribution in [2.75, 3.05) is 42.4 Å². The molecule has 0 spiro atoms. The van der Waals surface area contributed by atoms with Crippen LogP contribution in [0, 0.1) is 6.92 Å². The molecule has 3 N–H and O–H groups in total. The average molecular weight is 561 g/mol. The first-order valence-electron chi connectivity index (χ1n) is 13.5. The zero-order valence-electron chi connectivity index (χ0n) is 23.7. The fourth-order valence-electron chi connectivity index (χ4n) is 4.86. The van der Waals surface area contributed by atoms with E-state index in [1.165, 1.54) is 12.0 Å². The molecule has 4 rings (SSSR count). The monoisotopic (exact) mass is 560 g/mol. The molecule has 0 saturated carbocycles. The Morgan fingerprint density at radius 2 is 1.61 bits per heavy atom. The zero-order chi connectivity index (χ0) is 29.4. The second-order valence-electron chi connectivity index (χ2n) is 9.58. The van der Waals surface area contributed by atoms with Crippen molar-refractivity contribution in [2.45, 2.75) is 39.0 Å². The molecule has 0 fully saturated rings. The van der Waals surface area contributed by atoms with Crippen LogP contribution >= 0.6 is 0 Å². The van der Waals surface area contributed by atoms with Crippen LogP contribution in [0.2, 0.25) is 0 Å². The van der Waals surface area contributed by atoms with Gasteiger partial charge in [0.05, 0.1) is 25.8 Å². The standard InChI is InChI=1S/C31H36N4O6/c1-5-40-28(41-6-2)20-35-26-13-8-7-12-25(26)31(29(35)37,19-27(36)32-22-16-14-21(3)15-17-22)34-30(38)33-23-10-9-11-24(18-23)39-4/h7-18,28H,5-6,19-20H2,1-4H3,(H,32,36)(H2,33,34,38)/t31-/m0/s1. The molecular formula is C31H36N4O6. The Bertz CT molecular complexity index is 1370. The van der Waals surface area contributed by atoms with E-state index in [0.717, 1.165) is 5.56 Å². The number of amides is 4. The smallest absolute Gasteiger partial charge is 0.320 e. The van der Waals surface area contributed by atoms with Crippen molar-refractivity contribution in [2.24, 2.45) is 0 Å². The lowest BCUT2D eigenvalue weighted by Gasteiger charge is -2.30. The Labute approximate surface area is 240 Å². The summed E-state index contributed by atoms with van der Waals surface area (Å²) in [5.74, 6) is -0.351. The number of hydrogen-bond acceptors (Lipinski definition) is 6. The van der Waals surface area contributed by atoms with Gasteiger partial charge >= 0.3 is 6.03 Å². The van der Waals surface area contributed by atoms with Crippen molar-refractivity contribution >= 4 is 34.9 Å². The first kappa shape index (κ1) is 29.6. The van der Waals surface area contributed by atoms with Gasteiger partial charge in [0.25, 0.3) is 5.91 Å². The Kier molecular flexibility index (Phi) is 9.59. The number of carbonyl (C=O) groups is 3. The molecule has 216 valence electrons. The lowest BCUT2D eigenvalue weighted by Crippen LogP contribution is -2.56. The summed E-state index contributed by atoms with van der Waals surface area (Å²) in [6, 6.07) is 20.6. The maximum absolute atomic E-state index is 14.3. The van der Waals surface area contributed by atoms with Gasteiger partial charge in [-0.05, 0) is 51.1 Å². The van der Waals surface area contributed by atoms with E-state index in [1.807, 2.05) is 32.9 Å². The van der Waals surface area contributed by atoms with E-state index in [4.69, 9.17) is 14.2 Å². The van der Waals surface area contributed by atoms with E-state index in [0.29, 0.717) is 41.6 Å². The molecule has 0 aromatic heterocycles. The molecule has 1 aliphatic rings. The van der Waals surface area contributed by atoms with E-state index in [2.05, 4.69) is 16.0 Å². The van der Waals surface area contributed by atoms with Crippen molar-refractivity contribution in [1.29, 1.82) is 0 Å². The van der Waals surface area contributed by atoms with E-state index < -0.39 is 29.7 Å². The third-order valence-electron chi connectivity index (χ3n) is 6.72. The molecule has 0 radical (unpaired) electrons. The van der Waals surface area contributed by atoms with Gasteiger partial charge in [0.2, 0.25) is 5.91 Å². The highest BCUT2D eigenvalue weighted by molar-refractivity contribution is 6.12. The molecule has 1 atom stereocenters. The number of aryl methyl sites for hydroxylation is 1. The van der Waals surface area contributed by atoms with Crippen LogP contribution in [-0.4, -0.2) is 51.0 Å². The summed E-state index contributed by atoms with van der Waals surface area (Å²) in [5.41, 5.74) is 1.45. The maximum atomic E-state index is 14.3. The molecule has 4 amide bonds. The third kappa shape index (κ3) is 6.85. The minimum Gasteiger partial charge on any atom is -0.497 e. The molecule has 0 bridgehead atoms. The summed E-state index contributed by atoms with van der Waals surface area (Å²) in [7, 11) is 1.53. The van der Waals surface area contributed by atoms with Crippen molar-refractivity contribution in [3.63, 3.8) is 0 Å². The van der Waals surface area contributed by atoms with Gasteiger partial charge in [-0.25, -0.2) is 4.79 Å². The lowest BCUT2D eigenvalue weighted by molar-refractivity contribution is -0.138. The number of nitrogens with zero attached hydrogens (tertiary/aromatic N) is 1. The summed E-state index contributed by atoms with van der Waals surface area (Å²) < 4.78 is 16.7. The number of fused-ring (bicyclic) bond motifs is 1. The lowest BCUT2D eigenvalue weighted by atomic mass is 9.87. The predicted octanol–water partition coefficient (Wildman–Crippen LogP) is 4.80. The molecule has 0 saturated heterocycles. The minimum absolute atomic E-state index is 0.0814. The quantitative estimate of drug-likeness (QED) is 0.274. The number of hydrogen-bond donors (Lipinski definition) is 3. The van der Waals surface area contributed by atoms with E-state index >= 15 is 0 Å². The summed E-state index contributed by atoms with van der Waals surface area (Å²) in [6.45, 7) is 6.50. The first-order chi connectivity index (χ1) is 19.8.